The maximum Gasteiger partial charge on any atom is 0.224 e. The second-order valence-corrected chi connectivity index (χ2v) is 7.12. The van der Waals surface area contributed by atoms with Gasteiger partial charge in [0.2, 0.25) is 5.91 Å². The van der Waals surface area contributed by atoms with Crippen LogP contribution in [0.4, 0.5) is 0 Å². The molecule has 1 fully saturated rings. The molecule has 0 radical (unpaired) electrons. The summed E-state index contributed by atoms with van der Waals surface area (Å²) in [5.41, 5.74) is 2.08. The normalized spacial score (nSPS) is 20.1. The van der Waals surface area contributed by atoms with Gasteiger partial charge < -0.3 is 9.64 Å². The fourth-order valence-corrected chi connectivity index (χ4v) is 3.82. The van der Waals surface area contributed by atoms with E-state index in [4.69, 9.17) is 4.74 Å². The average Bonchev–Trinajstić information content (AvgIpc) is 2.93. The molecule has 3 heterocycles. The highest BCUT2D eigenvalue weighted by molar-refractivity contribution is 5.77. The minimum absolute atomic E-state index is 0.208. The Morgan fingerprint density at radius 1 is 1.20 bits per heavy atom. The van der Waals surface area contributed by atoms with Gasteiger partial charge in [0.1, 0.15) is 5.52 Å². The van der Waals surface area contributed by atoms with Gasteiger partial charge in [0.05, 0.1) is 25.3 Å². The molecule has 0 aliphatic carbocycles. The molecule has 4 rings (SSSR count). The van der Waals surface area contributed by atoms with Crippen LogP contribution < -0.4 is 0 Å². The van der Waals surface area contributed by atoms with E-state index in [2.05, 4.69) is 22.5 Å². The minimum Gasteiger partial charge on any atom is -0.377 e. The number of aromatic nitrogens is 3. The number of allylic oxidation sites excluding steroid dienone is 1. The molecule has 0 N–H and O–H groups in total. The lowest BCUT2D eigenvalue weighted by Crippen LogP contribution is -2.44. The molecule has 1 saturated heterocycles. The number of nitrogens with zero attached hydrogens (tertiary/aromatic N) is 4. The molecule has 1 aromatic carbocycles. The van der Waals surface area contributed by atoms with Crippen molar-refractivity contribution >= 4 is 16.9 Å². The van der Waals surface area contributed by atoms with Crippen molar-refractivity contribution in [3.63, 3.8) is 0 Å². The largest absolute Gasteiger partial charge is 0.377 e. The van der Waals surface area contributed by atoms with Gasteiger partial charge in [0.25, 0.3) is 0 Å². The van der Waals surface area contributed by atoms with Gasteiger partial charge in [-0.2, -0.15) is 0 Å². The summed E-state index contributed by atoms with van der Waals surface area (Å²) < 4.78 is 7.53. The van der Waals surface area contributed by atoms with Crippen LogP contribution in [0.25, 0.3) is 11.0 Å². The number of hydrogen-bond donors (Lipinski definition) is 0. The summed E-state index contributed by atoms with van der Waals surface area (Å²) in [4.78, 5) is 14.6. The molecule has 1 aromatic heterocycles. The fourth-order valence-electron chi connectivity index (χ4n) is 3.82. The first-order chi connectivity index (χ1) is 12.3. The van der Waals surface area contributed by atoms with Gasteiger partial charge in [-0.3, -0.25) is 4.79 Å². The van der Waals surface area contributed by atoms with Crippen molar-refractivity contribution in [2.24, 2.45) is 5.41 Å². The number of benzene rings is 1. The van der Waals surface area contributed by atoms with Gasteiger partial charge in [-0.1, -0.05) is 29.5 Å². The Hall–Kier alpha value is -2.21. The molecule has 6 nitrogen and oxygen atoms in total. The summed E-state index contributed by atoms with van der Waals surface area (Å²) in [5, 5.41) is 8.31. The first-order valence-corrected chi connectivity index (χ1v) is 9.05. The van der Waals surface area contributed by atoms with E-state index < -0.39 is 0 Å². The molecule has 25 heavy (non-hydrogen) atoms. The lowest BCUT2D eigenvalue weighted by Gasteiger charge is -2.40. The van der Waals surface area contributed by atoms with Crippen molar-refractivity contribution in [3.8, 4) is 0 Å². The molecule has 132 valence electrons. The zero-order valence-corrected chi connectivity index (χ0v) is 14.4. The van der Waals surface area contributed by atoms with Crippen molar-refractivity contribution in [1.82, 2.24) is 19.9 Å². The van der Waals surface area contributed by atoms with Crippen LogP contribution in [-0.4, -0.2) is 52.1 Å². The second-order valence-electron chi connectivity index (χ2n) is 7.12. The molecule has 6 heteroatoms. The van der Waals surface area contributed by atoms with Crippen LogP contribution in [0.15, 0.2) is 36.4 Å². The molecule has 2 aliphatic rings. The summed E-state index contributed by atoms with van der Waals surface area (Å²) in [6.07, 6.45) is 7.93. The van der Waals surface area contributed by atoms with Gasteiger partial charge >= 0.3 is 0 Å². The monoisotopic (exact) mass is 340 g/mol. The Morgan fingerprint density at radius 2 is 2.04 bits per heavy atom. The standard InChI is InChI=1S/C19H24N4O2/c24-18(7-11-23-17-6-2-1-5-16(17)20-21-23)22-12-9-19(10-13-22)8-3-4-14-25-15-19/h1-6H,7-15H2. The molecular formula is C19H24N4O2. The third kappa shape index (κ3) is 3.44. The fraction of sp³-hybridized carbons (Fsp3) is 0.526. The smallest absolute Gasteiger partial charge is 0.224 e. The molecular weight excluding hydrogens is 316 g/mol. The molecule has 0 unspecified atom stereocenters. The van der Waals surface area contributed by atoms with E-state index in [0.29, 0.717) is 13.0 Å². The lowest BCUT2D eigenvalue weighted by atomic mass is 9.76. The van der Waals surface area contributed by atoms with E-state index in [9.17, 15) is 4.79 Å². The van der Waals surface area contributed by atoms with Gasteiger partial charge in [-0.25, -0.2) is 4.68 Å². The number of ether oxygens (including phenoxy) is 1. The third-order valence-electron chi connectivity index (χ3n) is 5.47. The number of amides is 1. The van der Waals surface area contributed by atoms with Crippen molar-refractivity contribution in [3.05, 3.63) is 36.4 Å². The third-order valence-corrected chi connectivity index (χ3v) is 5.47. The van der Waals surface area contributed by atoms with Gasteiger partial charge in [0.15, 0.2) is 0 Å². The SMILES string of the molecule is O=C(CCn1nnc2ccccc21)N1CCC2(CC=CCOC2)CC1. The summed E-state index contributed by atoms with van der Waals surface area (Å²) in [6.45, 7) is 3.76. The number of para-hydroxylation sites is 1. The molecule has 0 saturated carbocycles. The Morgan fingerprint density at radius 3 is 2.92 bits per heavy atom. The molecule has 1 amide bonds. The van der Waals surface area contributed by atoms with E-state index >= 15 is 0 Å². The summed E-state index contributed by atoms with van der Waals surface area (Å²) in [5.74, 6) is 0.208. The Labute approximate surface area is 147 Å². The molecule has 0 atom stereocenters. The van der Waals surface area contributed by atoms with Crippen molar-refractivity contribution < 1.29 is 9.53 Å². The Bertz CT molecular complexity index is 775. The maximum atomic E-state index is 12.6. The van der Waals surface area contributed by atoms with Gasteiger partial charge in [-0.05, 0) is 31.4 Å². The first-order valence-electron chi connectivity index (χ1n) is 9.05. The van der Waals surface area contributed by atoms with E-state index in [-0.39, 0.29) is 11.3 Å². The predicted octanol–water partition coefficient (Wildman–Crippen LogP) is 2.41. The highest BCUT2D eigenvalue weighted by Gasteiger charge is 2.35. The number of carbonyl (C=O) groups is 1. The average molecular weight is 340 g/mol. The highest BCUT2D eigenvalue weighted by Crippen LogP contribution is 2.37. The van der Waals surface area contributed by atoms with E-state index in [1.807, 2.05) is 33.8 Å². The molecule has 2 aliphatic heterocycles. The molecule has 2 aromatic rings. The number of likely N-dealkylation sites (tertiary alicyclic amines) is 1. The Balaban J connectivity index is 1.32. The second kappa shape index (κ2) is 6.96. The summed E-state index contributed by atoms with van der Waals surface area (Å²) in [7, 11) is 0. The van der Waals surface area contributed by atoms with E-state index in [1.54, 1.807) is 0 Å². The van der Waals surface area contributed by atoms with Crippen LogP contribution in [0.5, 0.6) is 0 Å². The highest BCUT2D eigenvalue weighted by atomic mass is 16.5. The number of rotatable bonds is 3. The van der Waals surface area contributed by atoms with Crippen LogP contribution in [0.3, 0.4) is 0 Å². The quantitative estimate of drug-likeness (QED) is 0.805. The Kier molecular flexibility index (Phi) is 4.53. The van der Waals surface area contributed by atoms with Gasteiger partial charge in [0, 0.05) is 24.9 Å². The number of fused-ring (bicyclic) bond motifs is 1. The van der Waals surface area contributed by atoms with Crippen LogP contribution in [0, 0.1) is 5.41 Å². The van der Waals surface area contributed by atoms with Crippen LogP contribution in [0.2, 0.25) is 0 Å². The minimum atomic E-state index is 0.208. The van der Waals surface area contributed by atoms with Crippen LogP contribution in [-0.2, 0) is 16.1 Å². The number of aryl methyl sites for hydroxylation is 1. The zero-order valence-electron chi connectivity index (χ0n) is 14.4. The van der Waals surface area contributed by atoms with Crippen molar-refractivity contribution in [2.75, 3.05) is 26.3 Å². The number of piperidine rings is 1. The maximum absolute atomic E-state index is 12.6. The van der Waals surface area contributed by atoms with Gasteiger partial charge in [-0.15, -0.1) is 5.10 Å². The van der Waals surface area contributed by atoms with Crippen molar-refractivity contribution in [1.29, 1.82) is 0 Å². The van der Waals surface area contributed by atoms with Crippen LogP contribution >= 0.6 is 0 Å². The lowest BCUT2D eigenvalue weighted by molar-refractivity contribution is -0.134. The number of hydrogen-bond acceptors (Lipinski definition) is 4. The predicted molar refractivity (Wildman–Crippen MR) is 95.0 cm³/mol. The number of carbonyl (C=O) groups excluding carboxylic acids is 1. The summed E-state index contributed by atoms with van der Waals surface area (Å²) >= 11 is 0. The molecule has 1 spiro atoms. The van der Waals surface area contributed by atoms with Crippen LogP contribution in [0.1, 0.15) is 25.7 Å². The van der Waals surface area contributed by atoms with E-state index in [0.717, 1.165) is 56.6 Å². The molecule has 0 bridgehead atoms. The zero-order chi connectivity index (χ0) is 17.1. The topological polar surface area (TPSA) is 60.2 Å². The first kappa shape index (κ1) is 16.3. The van der Waals surface area contributed by atoms with E-state index in [1.165, 1.54) is 0 Å². The summed E-state index contributed by atoms with van der Waals surface area (Å²) in [6, 6.07) is 7.85. The van der Waals surface area contributed by atoms with Crippen molar-refractivity contribution in [2.45, 2.75) is 32.2 Å².